The van der Waals surface area contributed by atoms with Crippen LogP contribution in [0.1, 0.15) is 53.1 Å². The number of nitrogens with zero attached hydrogens (tertiary/aromatic N) is 2. The number of amides is 1. The van der Waals surface area contributed by atoms with Gasteiger partial charge in [0, 0.05) is 26.7 Å². The van der Waals surface area contributed by atoms with Crippen LogP contribution < -0.4 is 0 Å². The Balaban J connectivity index is 1.51. The standard InChI is InChI=1S/C25H24Cl2F4N2O6S2/c1-41(37,38)33(39-24(35)25(29,30)31)23(34)20-5-4-15(21(22(20)28)14-2-3-14)13-32-8-6-18(7-9-32)40(36)19-11-16(26)10-17(27)12-19/h4-5,10-12,14,18H,2-3,6-9,13H2,1H3. The van der Waals surface area contributed by atoms with E-state index in [0.717, 1.165) is 6.07 Å². The molecule has 224 valence electrons. The van der Waals surface area contributed by atoms with Crippen molar-refractivity contribution in [2.24, 2.45) is 0 Å². The first-order valence-electron chi connectivity index (χ1n) is 12.3. The Kier molecular flexibility index (Phi) is 9.39. The molecule has 1 heterocycles. The monoisotopic (exact) mass is 658 g/mol. The molecule has 4 rings (SSSR count). The van der Waals surface area contributed by atoms with Crippen LogP contribution in [0.2, 0.25) is 10.0 Å². The van der Waals surface area contributed by atoms with E-state index in [9.17, 15) is 35.4 Å². The van der Waals surface area contributed by atoms with Gasteiger partial charge in [0.1, 0.15) is 5.82 Å². The molecule has 1 aliphatic heterocycles. The second kappa shape index (κ2) is 12.2. The van der Waals surface area contributed by atoms with Crippen LogP contribution in [0.25, 0.3) is 0 Å². The summed E-state index contributed by atoms with van der Waals surface area (Å²) in [4.78, 5) is 30.4. The smallest absolute Gasteiger partial charge is 0.314 e. The predicted molar refractivity (Wildman–Crippen MR) is 143 cm³/mol. The number of rotatable bonds is 7. The van der Waals surface area contributed by atoms with Crippen LogP contribution in [0.5, 0.6) is 0 Å². The van der Waals surface area contributed by atoms with E-state index in [1.165, 1.54) is 6.07 Å². The highest BCUT2D eigenvalue weighted by atomic mass is 35.5. The number of sulfonamides is 1. The maximum absolute atomic E-state index is 15.7. The summed E-state index contributed by atoms with van der Waals surface area (Å²) in [5.41, 5.74) is -0.156. The highest BCUT2D eigenvalue weighted by molar-refractivity contribution is 7.88. The summed E-state index contributed by atoms with van der Waals surface area (Å²) in [6.07, 6.45) is -2.90. The van der Waals surface area contributed by atoms with Gasteiger partial charge in [0.25, 0.3) is 10.0 Å². The number of alkyl halides is 3. The van der Waals surface area contributed by atoms with Gasteiger partial charge in [-0.1, -0.05) is 33.7 Å². The van der Waals surface area contributed by atoms with Crippen molar-refractivity contribution in [1.29, 1.82) is 0 Å². The molecule has 8 nitrogen and oxygen atoms in total. The second-order valence-corrected chi connectivity index (χ2v) is 14.2. The number of piperidine rings is 1. The minimum absolute atomic E-state index is 0.151. The van der Waals surface area contributed by atoms with Crippen molar-refractivity contribution in [3.63, 3.8) is 0 Å². The summed E-state index contributed by atoms with van der Waals surface area (Å²) < 4.78 is 90.0. The Morgan fingerprint density at radius 1 is 1.07 bits per heavy atom. The molecule has 0 N–H and O–H groups in total. The first-order valence-corrected chi connectivity index (χ1v) is 16.1. The average molecular weight is 660 g/mol. The van der Waals surface area contributed by atoms with Crippen molar-refractivity contribution in [3.05, 3.63) is 62.9 Å². The quantitative estimate of drug-likeness (QED) is 0.298. The summed E-state index contributed by atoms with van der Waals surface area (Å²) in [6, 6.07) is 7.14. The fourth-order valence-electron chi connectivity index (χ4n) is 4.59. The van der Waals surface area contributed by atoms with Gasteiger partial charge in [0.2, 0.25) is 0 Å². The molecule has 2 fully saturated rings. The number of likely N-dealkylation sites (tertiary alicyclic amines) is 1. The minimum atomic E-state index is -5.59. The minimum Gasteiger partial charge on any atom is -0.314 e. The number of hydrogen-bond donors (Lipinski definition) is 0. The molecular formula is C25H24Cl2F4N2O6S2. The van der Waals surface area contributed by atoms with Crippen LogP contribution in [-0.2, 0) is 37.0 Å². The van der Waals surface area contributed by atoms with Crippen molar-refractivity contribution in [3.8, 4) is 0 Å². The molecule has 1 saturated carbocycles. The van der Waals surface area contributed by atoms with Gasteiger partial charge in [-0.05, 0) is 80.1 Å². The summed E-state index contributed by atoms with van der Waals surface area (Å²) >= 11 is 12.1. The number of benzene rings is 2. The Labute approximate surface area is 246 Å². The zero-order valence-corrected chi connectivity index (χ0v) is 24.6. The van der Waals surface area contributed by atoms with Crippen LogP contribution in [-0.4, -0.2) is 64.6 Å². The van der Waals surface area contributed by atoms with Gasteiger partial charge in [-0.3, -0.25) is 13.9 Å². The third-order valence-electron chi connectivity index (χ3n) is 6.65. The molecule has 1 aliphatic carbocycles. The molecule has 1 unspecified atom stereocenters. The molecule has 16 heteroatoms. The molecule has 0 aromatic heterocycles. The average Bonchev–Trinajstić information content (AvgIpc) is 3.70. The van der Waals surface area contributed by atoms with Gasteiger partial charge in [-0.25, -0.2) is 17.6 Å². The molecule has 1 amide bonds. The second-order valence-electron chi connectivity index (χ2n) is 9.82. The summed E-state index contributed by atoms with van der Waals surface area (Å²) in [5, 5.41) is 0.614. The SMILES string of the molecule is CS(=O)(=O)N(OC(=O)C(F)(F)F)C(=O)c1ccc(CN2CCC(S(=O)c3cc(Cl)cc(Cl)c3)CC2)c(C2CC2)c1F. The van der Waals surface area contributed by atoms with Crippen molar-refractivity contribution in [2.75, 3.05) is 19.3 Å². The van der Waals surface area contributed by atoms with Gasteiger partial charge in [-0.15, -0.1) is 0 Å². The van der Waals surface area contributed by atoms with Crippen LogP contribution >= 0.6 is 23.2 Å². The van der Waals surface area contributed by atoms with Crippen molar-refractivity contribution in [2.45, 2.75) is 54.5 Å². The molecule has 1 saturated heterocycles. The van der Waals surface area contributed by atoms with Crippen LogP contribution in [0.3, 0.4) is 0 Å². The molecule has 2 aromatic rings. The van der Waals surface area contributed by atoms with Gasteiger partial charge in [0.15, 0.2) is 0 Å². The zero-order valence-electron chi connectivity index (χ0n) is 21.4. The van der Waals surface area contributed by atoms with Crippen molar-refractivity contribution in [1.82, 2.24) is 9.37 Å². The largest absolute Gasteiger partial charge is 0.493 e. The molecule has 2 aliphatic rings. The fourth-order valence-corrected chi connectivity index (χ4v) is 7.36. The van der Waals surface area contributed by atoms with Crippen LogP contribution in [0.4, 0.5) is 17.6 Å². The van der Waals surface area contributed by atoms with E-state index < -0.39 is 54.7 Å². The van der Waals surface area contributed by atoms with Gasteiger partial charge in [-0.2, -0.15) is 13.2 Å². The first kappa shape index (κ1) is 31.7. The third kappa shape index (κ3) is 7.58. The van der Waals surface area contributed by atoms with E-state index in [1.807, 2.05) is 4.90 Å². The normalized spacial score (nSPS) is 17.7. The summed E-state index contributed by atoms with van der Waals surface area (Å²) in [6.45, 7) is 1.34. The summed E-state index contributed by atoms with van der Waals surface area (Å²) in [7, 11) is -6.19. The van der Waals surface area contributed by atoms with E-state index in [0.29, 0.717) is 65.5 Å². The summed E-state index contributed by atoms with van der Waals surface area (Å²) in [5.74, 6) is -6.06. The Morgan fingerprint density at radius 3 is 2.17 bits per heavy atom. The topological polar surface area (TPSA) is 101 Å². The maximum atomic E-state index is 15.7. The highest BCUT2D eigenvalue weighted by Crippen LogP contribution is 2.44. The fraction of sp³-hybridized carbons (Fsp3) is 0.440. The number of carbonyl (C=O) groups excluding carboxylic acids is 2. The molecular weight excluding hydrogens is 635 g/mol. The van der Waals surface area contributed by atoms with E-state index in [-0.39, 0.29) is 23.3 Å². The molecule has 0 spiro atoms. The van der Waals surface area contributed by atoms with E-state index in [1.54, 1.807) is 18.2 Å². The molecule has 0 bridgehead atoms. The van der Waals surface area contributed by atoms with Crippen LogP contribution in [0.15, 0.2) is 35.2 Å². The number of hydroxylamine groups is 1. The van der Waals surface area contributed by atoms with Crippen molar-refractivity contribution >= 4 is 55.9 Å². The molecule has 0 radical (unpaired) electrons. The van der Waals surface area contributed by atoms with E-state index >= 15 is 4.39 Å². The Bertz CT molecular complexity index is 1470. The molecule has 41 heavy (non-hydrogen) atoms. The Hall–Kier alpha value is -2.26. The first-order chi connectivity index (χ1) is 19.1. The third-order valence-corrected chi connectivity index (χ3v) is 9.71. The number of hydrogen-bond acceptors (Lipinski definition) is 7. The molecule has 2 aromatic carbocycles. The van der Waals surface area contributed by atoms with E-state index in [2.05, 4.69) is 4.84 Å². The van der Waals surface area contributed by atoms with E-state index in [4.69, 9.17) is 23.2 Å². The number of carbonyl (C=O) groups is 2. The van der Waals surface area contributed by atoms with Gasteiger partial charge >= 0.3 is 18.1 Å². The molecule has 1 atom stereocenters. The lowest BCUT2D eigenvalue weighted by atomic mass is 9.97. The lowest BCUT2D eigenvalue weighted by Gasteiger charge is -2.32. The zero-order chi connectivity index (χ0) is 30.3. The number of halogens is 6. The maximum Gasteiger partial charge on any atom is 0.493 e. The lowest BCUT2D eigenvalue weighted by molar-refractivity contribution is -0.216. The van der Waals surface area contributed by atoms with Crippen molar-refractivity contribution < 1.29 is 44.6 Å². The van der Waals surface area contributed by atoms with Gasteiger partial charge in [0.05, 0.1) is 22.6 Å². The van der Waals surface area contributed by atoms with Crippen LogP contribution in [0, 0.1) is 5.82 Å². The lowest BCUT2D eigenvalue weighted by Crippen LogP contribution is -2.42. The van der Waals surface area contributed by atoms with Gasteiger partial charge < -0.3 is 4.84 Å². The highest BCUT2D eigenvalue weighted by Gasteiger charge is 2.46. The predicted octanol–water partition coefficient (Wildman–Crippen LogP) is 5.20. The Morgan fingerprint density at radius 2 is 1.66 bits per heavy atom.